The Labute approximate surface area is 115 Å². The van der Waals surface area contributed by atoms with Crippen LogP contribution in [-0.4, -0.2) is 24.2 Å². The molecule has 0 bridgehead atoms. The lowest BCUT2D eigenvalue weighted by molar-refractivity contribution is 0.120. The number of ether oxygens (including phenoxy) is 1. The third kappa shape index (κ3) is 3.11. The van der Waals surface area contributed by atoms with Crippen LogP contribution in [-0.2, 0) is 4.74 Å². The molecule has 2 heterocycles. The number of thiazole rings is 1. The van der Waals surface area contributed by atoms with Crippen LogP contribution in [0.4, 0.5) is 9.52 Å². The summed E-state index contributed by atoms with van der Waals surface area (Å²) in [7, 11) is 0. The van der Waals surface area contributed by atoms with Gasteiger partial charge < -0.3 is 10.1 Å². The molecule has 3 nitrogen and oxygen atoms in total. The minimum absolute atomic E-state index is 0.226. The minimum atomic E-state index is -0.226. The first-order valence-corrected chi connectivity index (χ1v) is 7.26. The van der Waals surface area contributed by atoms with Gasteiger partial charge in [-0.2, -0.15) is 0 Å². The van der Waals surface area contributed by atoms with Crippen LogP contribution in [0, 0.1) is 5.82 Å². The summed E-state index contributed by atoms with van der Waals surface area (Å²) in [4.78, 5) is 4.50. The largest absolute Gasteiger partial charge is 0.376 e. The summed E-state index contributed by atoms with van der Waals surface area (Å²) >= 11 is 1.56. The highest BCUT2D eigenvalue weighted by Crippen LogP contribution is 2.25. The van der Waals surface area contributed by atoms with Gasteiger partial charge in [0.05, 0.1) is 11.8 Å². The van der Waals surface area contributed by atoms with E-state index in [1.165, 1.54) is 12.1 Å². The van der Waals surface area contributed by atoms with Gasteiger partial charge in [-0.25, -0.2) is 9.37 Å². The number of nitrogens with zero attached hydrogens (tertiary/aromatic N) is 1. The molecule has 5 heteroatoms. The summed E-state index contributed by atoms with van der Waals surface area (Å²) in [6, 6.07) is 6.39. The van der Waals surface area contributed by atoms with Crippen molar-refractivity contribution in [2.45, 2.75) is 18.9 Å². The number of hydrogen-bond donors (Lipinski definition) is 1. The van der Waals surface area contributed by atoms with Crippen LogP contribution in [0.5, 0.6) is 0 Å². The lowest BCUT2D eigenvalue weighted by atomic mass is 10.2. The molecule has 0 radical (unpaired) electrons. The Morgan fingerprint density at radius 2 is 2.21 bits per heavy atom. The zero-order valence-corrected chi connectivity index (χ0v) is 11.3. The van der Waals surface area contributed by atoms with Crippen LogP contribution in [0.2, 0.25) is 0 Å². The molecule has 0 saturated carbocycles. The highest BCUT2D eigenvalue weighted by Gasteiger charge is 2.15. The summed E-state index contributed by atoms with van der Waals surface area (Å²) in [5.41, 5.74) is 1.81. The SMILES string of the molecule is Fc1ccc(-c2csc(NC[C@H]3CCCO3)n2)cc1. The quantitative estimate of drug-likeness (QED) is 0.929. The molecule has 1 atom stereocenters. The zero-order chi connectivity index (χ0) is 13.1. The van der Waals surface area contributed by atoms with Crippen LogP contribution < -0.4 is 5.32 Å². The van der Waals surface area contributed by atoms with Crippen molar-refractivity contribution in [3.8, 4) is 11.3 Å². The molecule has 1 fully saturated rings. The van der Waals surface area contributed by atoms with Gasteiger partial charge >= 0.3 is 0 Å². The van der Waals surface area contributed by atoms with Gasteiger partial charge in [-0.15, -0.1) is 11.3 Å². The van der Waals surface area contributed by atoms with E-state index in [4.69, 9.17) is 4.74 Å². The van der Waals surface area contributed by atoms with Crippen molar-refractivity contribution in [1.82, 2.24) is 4.98 Å². The normalized spacial score (nSPS) is 18.7. The number of nitrogens with one attached hydrogen (secondary N) is 1. The number of hydrogen-bond acceptors (Lipinski definition) is 4. The fourth-order valence-corrected chi connectivity index (χ4v) is 2.84. The molecule has 0 amide bonds. The first-order chi connectivity index (χ1) is 9.31. The van der Waals surface area contributed by atoms with Crippen LogP contribution in [0.15, 0.2) is 29.6 Å². The average molecular weight is 278 g/mol. The summed E-state index contributed by atoms with van der Waals surface area (Å²) in [5.74, 6) is -0.226. The predicted octanol–water partition coefficient (Wildman–Crippen LogP) is 3.54. The molecule has 1 aliphatic heterocycles. The van der Waals surface area contributed by atoms with E-state index in [-0.39, 0.29) is 5.82 Å². The Morgan fingerprint density at radius 1 is 1.37 bits per heavy atom. The van der Waals surface area contributed by atoms with Crippen molar-refractivity contribution in [2.75, 3.05) is 18.5 Å². The van der Waals surface area contributed by atoms with Gasteiger partial charge in [0.1, 0.15) is 5.82 Å². The Morgan fingerprint density at radius 3 is 2.95 bits per heavy atom. The standard InChI is InChI=1S/C14H15FN2OS/c15-11-5-3-10(4-6-11)13-9-19-14(17-13)16-8-12-2-1-7-18-12/h3-6,9,12H,1-2,7-8H2,(H,16,17)/t12-/m1/s1. The highest BCUT2D eigenvalue weighted by atomic mass is 32.1. The summed E-state index contributed by atoms with van der Waals surface area (Å²) in [5, 5.41) is 6.16. The Bertz CT molecular complexity index is 535. The van der Waals surface area contributed by atoms with E-state index in [9.17, 15) is 4.39 Å². The van der Waals surface area contributed by atoms with E-state index in [1.54, 1.807) is 23.5 Å². The molecule has 19 heavy (non-hydrogen) atoms. The van der Waals surface area contributed by atoms with Crippen molar-refractivity contribution < 1.29 is 9.13 Å². The van der Waals surface area contributed by atoms with Crippen LogP contribution >= 0.6 is 11.3 Å². The molecule has 1 aromatic carbocycles. The fraction of sp³-hybridized carbons (Fsp3) is 0.357. The molecule has 1 N–H and O–H groups in total. The lowest BCUT2D eigenvalue weighted by Gasteiger charge is -2.09. The van der Waals surface area contributed by atoms with E-state index >= 15 is 0 Å². The van der Waals surface area contributed by atoms with Gasteiger partial charge in [0.25, 0.3) is 0 Å². The van der Waals surface area contributed by atoms with Crippen molar-refractivity contribution in [2.24, 2.45) is 0 Å². The lowest BCUT2D eigenvalue weighted by Crippen LogP contribution is -2.18. The molecule has 1 saturated heterocycles. The number of halogens is 1. The van der Waals surface area contributed by atoms with Crippen molar-refractivity contribution in [3.05, 3.63) is 35.5 Å². The second-order valence-electron chi connectivity index (χ2n) is 4.56. The van der Waals surface area contributed by atoms with Gasteiger partial charge in [-0.1, -0.05) is 0 Å². The second-order valence-corrected chi connectivity index (χ2v) is 5.42. The van der Waals surface area contributed by atoms with Crippen LogP contribution in [0.1, 0.15) is 12.8 Å². The van der Waals surface area contributed by atoms with Crippen LogP contribution in [0.3, 0.4) is 0 Å². The van der Waals surface area contributed by atoms with E-state index in [1.807, 2.05) is 5.38 Å². The average Bonchev–Trinajstić information content (AvgIpc) is 3.09. The predicted molar refractivity (Wildman–Crippen MR) is 75.0 cm³/mol. The molecular weight excluding hydrogens is 263 g/mol. The highest BCUT2D eigenvalue weighted by molar-refractivity contribution is 7.14. The molecule has 1 aliphatic rings. The molecule has 1 aromatic heterocycles. The third-order valence-electron chi connectivity index (χ3n) is 3.15. The summed E-state index contributed by atoms with van der Waals surface area (Å²) < 4.78 is 18.4. The van der Waals surface area contributed by atoms with Crippen molar-refractivity contribution in [1.29, 1.82) is 0 Å². The first-order valence-electron chi connectivity index (χ1n) is 6.38. The zero-order valence-electron chi connectivity index (χ0n) is 10.4. The first kappa shape index (κ1) is 12.6. The van der Waals surface area contributed by atoms with E-state index in [0.717, 1.165) is 42.4 Å². The Hall–Kier alpha value is -1.46. The molecule has 0 spiro atoms. The summed E-state index contributed by atoms with van der Waals surface area (Å²) in [6.07, 6.45) is 2.56. The molecule has 0 aliphatic carbocycles. The van der Waals surface area contributed by atoms with E-state index in [0.29, 0.717) is 6.10 Å². The Balaban J connectivity index is 1.63. The molecule has 2 aromatic rings. The van der Waals surface area contributed by atoms with Gasteiger partial charge in [0.15, 0.2) is 5.13 Å². The number of anilines is 1. The molecular formula is C14H15FN2OS. The number of aromatic nitrogens is 1. The fourth-order valence-electron chi connectivity index (χ4n) is 2.11. The monoisotopic (exact) mass is 278 g/mol. The van der Waals surface area contributed by atoms with Gasteiger partial charge in [0, 0.05) is 24.1 Å². The second kappa shape index (κ2) is 5.67. The molecule has 0 unspecified atom stereocenters. The van der Waals surface area contributed by atoms with Gasteiger partial charge in [0.2, 0.25) is 0 Å². The minimum Gasteiger partial charge on any atom is -0.376 e. The maximum absolute atomic E-state index is 12.9. The van der Waals surface area contributed by atoms with Gasteiger partial charge in [-0.05, 0) is 37.1 Å². The smallest absolute Gasteiger partial charge is 0.183 e. The molecule has 3 rings (SSSR count). The number of rotatable bonds is 4. The Kier molecular flexibility index (Phi) is 3.75. The number of benzene rings is 1. The van der Waals surface area contributed by atoms with E-state index < -0.39 is 0 Å². The maximum Gasteiger partial charge on any atom is 0.183 e. The van der Waals surface area contributed by atoms with Gasteiger partial charge in [-0.3, -0.25) is 0 Å². The third-order valence-corrected chi connectivity index (χ3v) is 3.95. The molecule has 100 valence electrons. The maximum atomic E-state index is 12.9. The van der Waals surface area contributed by atoms with Crippen LogP contribution in [0.25, 0.3) is 11.3 Å². The van der Waals surface area contributed by atoms with E-state index in [2.05, 4.69) is 10.3 Å². The summed E-state index contributed by atoms with van der Waals surface area (Å²) in [6.45, 7) is 1.67. The topological polar surface area (TPSA) is 34.1 Å². The van der Waals surface area contributed by atoms with Crippen molar-refractivity contribution in [3.63, 3.8) is 0 Å². The van der Waals surface area contributed by atoms with Crippen molar-refractivity contribution >= 4 is 16.5 Å².